The molecule has 0 spiro atoms. The van der Waals surface area contributed by atoms with Crippen LogP contribution in [0, 0.1) is 11.6 Å². The van der Waals surface area contributed by atoms with Gasteiger partial charge in [-0.1, -0.05) is 28.1 Å². The van der Waals surface area contributed by atoms with E-state index < -0.39 is 11.6 Å². The molecule has 1 nitrogen and oxygen atoms in total. The molecule has 0 amide bonds. The molecule has 0 unspecified atom stereocenters. The fourth-order valence-corrected chi connectivity index (χ4v) is 2.12. The molecular weight excluding hydrogens is 290 g/mol. The van der Waals surface area contributed by atoms with Crippen molar-refractivity contribution in [1.82, 2.24) is 0 Å². The van der Waals surface area contributed by atoms with Crippen molar-refractivity contribution in [3.05, 3.63) is 58.1 Å². The molecule has 2 aromatic carbocycles. The number of aldehydes is 1. The van der Waals surface area contributed by atoms with E-state index in [2.05, 4.69) is 15.9 Å². The van der Waals surface area contributed by atoms with Crippen LogP contribution in [0.1, 0.15) is 10.4 Å². The Labute approximate surface area is 105 Å². The van der Waals surface area contributed by atoms with Gasteiger partial charge in [-0.25, -0.2) is 8.78 Å². The molecular formula is C13H7BrF2O. The first-order valence-corrected chi connectivity index (χ1v) is 5.62. The number of hydrogen-bond acceptors (Lipinski definition) is 1. The van der Waals surface area contributed by atoms with E-state index >= 15 is 0 Å². The zero-order chi connectivity index (χ0) is 12.4. The molecule has 2 aromatic rings. The first kappa shape index (κ1) is 11.9. The average molecular weight is 297 g/mol. The van der Waals surface area contributed by atoms with Crippen LogP contribution >= 0.6 is 15.9 Å². The molecule has 0 atom stereocenters. The Morgan fingerprint density at radius 1 is 1.06 bits per heavy atom. The van der Waals surface area contributed by atoms with Crippen molar-refractivity contribution in [3.63, 3.8) is 0 Å². The second kappa shape index (κ2) is 4.75. The van der Waals surface area contributed by atoms with E-state index in [1.54, 1.807) is 12.1 Å². The average Bonchev–Trinajstić information content (AvgIpc) is 2.29. The number of carbonyl (C=O) groups is 1. The number of benzene rings is 2. The smallest absolute Gasteiger partial charge is 0.152 e. The van der Waals surface area contributed by atoms with E-state index in [1.165, 1.54) is 18.2 Å². The number of rotatable bonds is 2. The summed E-state index contributed by atoms with van der Waals surface area (Å²) in [7, 11) is 0. The second-order valence-corrected chi connectivity index (χ2v) is 4.31. The van der Waals surface area contributed by atoms with Crippen LogP contribution in [0.3, 0.4) is 0 Å². The summed E-state index contributed by atoms with van der Waals surface area (Å²) in [6.07, 6.45) is 0.426. The molecule has 0 radical (unpaired) electrons. The van der Waals surface area contributed by atoms with Crippen molar-refractivity contribution in [3.8, 4) is 11.1 Å². The maximum Gasteiger partial charge on any atom is 0.152 e. The Balaban J connectivity index is 2.61. The minimum absolute atomic E-state index is 0.0405. The fraction of sp³-hybridized carbons (Fsp3) is 0. The summed E-state index contributed by atoms with van der Waals surface area (Å²) in [5, 5.41) is 0. The van der Waals surface area contributed by atoms with E-state index in [4.69, 9.17) is 0 Å². The molecule has 17 heavy (non-hydrogen) atoms. The largest absolute Gasteiger partial charge is 0.298 e. The fourth-order valence-electron chi connectivity index (χ4n) is 1.55. The molecule has 0 aliphatic heterocycles. The lowest BCUT2D eigenvalue weighted by Crippen LogP contribution is -1.91. The molecule has 2 rings (SSSR count). The quantitative estimate of drug-likeness (QED) is 0.759. The van der Waals surface area contributed by atoms with Gasteiger partial charge in [0.05, 0.1) is 5.56 Å². The number of halogens is 3. The summed E-state index contributed by atoms with van der Waals surface area (Å²) in [6.45, 7) is 0. The molecule has 0 aromatic heterocycles. The summed E-state index contributed by atoms with van der Waals surface area (Å²) >= 11 is 3.21. The topological polar surface area (TPSA) is 17.1 Å². The van der Waals surface area contributed by atoms with Crippen molar-refractivity contribution in [1.29, 1.82) is 0 Å². The number of carbonyl (C=O) groups excluding carboxylic acids is 1. The Hall–Kier alpha value is -1.55. The molecule has 0 bridgehead atoms. The maximum absolute atomic E-state index is 13.6. The highest BCUT2D eigenvalue weighted by Crippen LogP contribution is 2.31. The summed E-state index contributed by atoms with van der Waals surface area (Å²) in [4.78, 5) is 10.5. The van der Waals surface area contributed by atoms with Crippen LogP contribution in [-0.2, 0) is 0 Å². The predicted molar refractivity (Wildman–Crippen MR) is 64.9 cm³/mol. The molecule has 4 heteroatoms. The van der Waals surface area contributed by atoms with Crippen molar-refractivity contribution >= 4 is 22.2 Å². The summed E-state index contributed by atoms with van der Waals surface area (Å²) in [6, 6.07) is 8.51. The predicted octanol–water partition coefficient (Wildman–Crippen LogP) is 4.21. The van der Waals surface area contributed by atoms with Gasteiger partial charge in [0, 0.05) is 10.0 Å². The minimum atomic E-state index is -0.660. The van der Waals surface area contributed by atoms with E-state index in [9.17, 15) is 13.6 Å². The van der Waals surface area contributed by atoms with Crippen LogP contribution in [0.2, 0.25) is 0 Å². The Kier molecular flexibility index (Phi) is 3.33. The van der Waals surface area contributed by atoms with Crippen LogP contribution in [0.15, 0.2) is 40.9 Å². The van der Waals surface area contributed by atoms with Gasteiger partial charge in [-0.3, -0.25) is 4.79 Å². The number of hydrogen-bond donors (Lipinski definition) is 0. The van der Waals surface area contributed by atoms with E-state index in [1.807, 2.05) is 0 Å². The Morgan fingerprint density at radius 3 is 2.41 bits per heavy atom. The van der Waals surface area contributed by atoms with Gasteiger partial charge in [-0.05, 0) is 29.8 Å². The van der Waals surface area contributed by atoms with Gasteiger partial charge in [0.15, 0.2) is 6.29 Å². The monoisotopic (exact) mass is 296 g/mol. The van der Waals surface area contributed by atoms with Gasteiger partial charge in [-0.2, -0.15) is 0 Å². The summed E-state index contributed by atoms with van der Waals surface area (Å²) in [5.41, 5.74) is 0.628. The third kappa shape index (κ3) is 2.26. The van der Waals surface area contributed by atoms with Crippen molar-refractivity contribution in [2.75, 3.05) is 0 Å². The first-order valence-electron chi connectivity index (χ1n) is 4.82. The van der Waals surface area contributed by atoms with Gasteiger partial charge in [0.25, 0.3) is 0 Å². The lowest BCUT2D eigenvalue weighted by molar-refractivity contribution is 0.112. The highest BCUT2D eigenvalue weighted by molar-refractivity contribution is 9.10. The molecule has 0 aliphatic rings. The third-order valence-electron chi connectivity index (χ3n) is 2.38. The lowest BCUT2D eigenvalue weighted by atomic mass is 10.0. The van der Waals surface area contributed by atoms with Crippen LogP contribution in [0.25, 0.3) is 11.1 Å². The molecule has 0 N–H and O–H groups in total. The maximum atomic E-state index is 13.6. The van der Waals surface area contributed by atoms with Crippen molar-refractivity contribution in [2.45, 2.75) is 0 Å². The van der Waals surface area contributed by atoms with Crippen molar-refractivity contribution in [2.24, 2.45) is 0 Å². The SMILES string of the molecule is O=Cc1ccc(-c2c(F)cccc2Br)cc1F. The minimum Gasteiger partial charge on any atom is -0.298 e. The Morgan fingerprint density at radius 2 is 1.82 bits per heavy atom. The van der Waals surface area contributed by atoms with Crippen LogP contribution < -0.4 is 0 Å². The Bertz CT molecular complexity index is 561. The first-order chi connectivity index (χ1) is 8.13. The van der Waals surface area contributed by atoms with Crippen LogP contribution in [0.4, 0.5) is 8.78 Å². The second-order valence-electron chi connectivity index (χ2n) is 3.45. The van der Waals surface area contributed by atoms with Gasteiger partial charge in [0.1, 0.15) is 11.6 Å². The highest BCUT2D eigenvalue weighted by Gasteiger charge is 2.11. The molecule has 0 saturated carbocycles. The molecule has 0 heterocycles. The molecule has 0 aliphatic carbocycles. The zero-order valence-corrected chi connectivity index (χ0v) is 10.2. The standard InChI is InChI=1S/C13H7BrF2O/c14-10-2-1-3-11(15)13(10)8-4-5-9(7-17)12(16)6-8/h1-7H. The third-order valence-corrected chi connectivity index (χ3v) is 3.04. The normalized spacial score (nSPS) is 10.3. The van der Waals surface area contributed by atoms with Gasteiger partial charge >= 0.3 is 0 Å². The highest BCUT2D eigenvalue weighted by atomic mass is 79.9. The van der Waals surface area contributed by atoms with Crippen LogP contribution in [-0.4, -0.2) is 6.29 Å². The van der Waals surface area contributed by atoms with Gasteiger partial charge in [-0.15, -0.1) is 0 Å². The van der Waals surface area contributed by atoms with Gasteiger partial charge in [0.2, 0.25) is 0 Å². The zero-order valence-electron chi connectivity index (χ0n) is 8.58. The van der Waals surface area contributed by atoms with E-state index in [-0.39, 0.29) is 11.1 Å². The van der Waals surface area contributed by atoms with E-state index in [0.29, 0.717) is 16.3 Å². The van der Waals surface area contributed by atoms with Gasteiger partial charge < -0.3 is 0 Å². The van der Waals surface area contributed by atoms with Crippen LogP contribution in [0.5, 0.6) is 0 Å². The summed E-state index contributed by atoms with van der Waals surface area (Å²) < 4.78 is 27.6. The molecule has 0 saturated heterocycles. The molecule has 0 fully saturated rings. The lowest BCUT2D eigenvalue weighted by Gasteiger charge is -2.07. The summed E-state index contributed by atoms with van der Waals surface area (Å²) in [5.74, 6) is -1.11. The van der Waals surface area contributed by atoms with E-state index in [0.717, 1.165) is 6.07 Å². The molecule has 86 valence electrons. The van der Waals surface area contributed by atoms with Crippen molar-refractivity contribution < 1.29 is 13.6 Å².